The number of carbonyl (C=O) groups excluding carboxylic acids is 1. The number of likely N-dealkylation sites (N-methyl/N-ethyl adjacent to an activating group) is 1. The standard InChI is InChI=1S/C13H27N3O/c1-14-11-13(17)15-9-6-10-16(2)12-7-4-3-5-8-12/h12,14H,3-11H2,1-2H3,(H,15,17). The second-order valence-corrected chi connectivity index (χ2v) is 5.01. The smallest absolute Gasteiger partial charge is 0.233 e. The van der Waals surface area contributed by atoms with Gasteiger partial charge in [0.15, 0.2) is 0 Å². The van der Waals surface area contributed by atoms with E-state index in [1.807, 2.05) is 0 Å². The van der Waals surface area contributed by atoms with E-state index < -0.39 is 0 Å². The molecule has 1 saturated carbocycles. The molecule has 2 N–H and O–H groups in total. The molecular formula is C13H27N3O. The first kappa shape index (κ1) is 14.5. The van der Waals surface area contributed by atoms with Crippen LogP contribution in [-0.2, 0) is 4.79 Å². The molecule has 1 fully saturated rings. The highest BCUT2D eigenvalue weighted by atomic mass is 16.1. The molecule has 100 valence electrons. The lowest BCUT2D eigenvalue weighted by Gasteiger charge is -2.31. The molecule has 1 aliphatic rings. The molecular weight excluding hydrogens is 214 g/mol. The Morgan fingerprint density at radius 3 is 2.65 bits per heavy atom. The highest BCUT2D eigenvalue weighted by Crippen LogP contribution is 2.21. The zero-order valence-corrected chi connectivity index (χ0v) is 11.3. The summed E-state index contributed by atoms with van der Waals surface area (Å²) in [6.07, 6.45) is 7.92. The minimum Gasteiger partial charge on any atom is -0.355 e. The third kappa shape index (κ3) is 6.03. The van der Waals surface area contributed by atoms with Crippen LogP contribution in [0.5, 0.6) is 0 Å². The van der Waals surface area contributed by atoms with Gasteiger partial charge in [0, 0.05) is 12.6 Å². The fourth-order valence-corrected chi connectivity index (χ4v) is 2.48. The van der Waals surface area contributed by atoms with Crippen LogP contribution >= 0.6 is 0 Å². The van der Waals surface area contributed by atoms with E-state index in [-0.39, 0.29) is 5.91 Å². The van der Waals surface area contributed by atoms with Gasteiger partial charge in [-0.25, -0.2) is 0 Å². The van der Waals surface area contributed by atoms with Crippen LogP contribution in [0.2, 0.25) is 0 Å². The van der Waals surface area contributed by atoms with E-state index in [0.717, 1.165) is 25.6 Å². The maximum Gasteiger partial charge on any atom is 0.233 e. The summed E-state index contributed by atoms with van der Waals surface area (Å²) in [5.41, 5.74) is 0. The Balaban J connectivity index is 2.03. The topological polar surface area (TPSA) is 44.4 Å². The van der Waals surface area contributed by atoms with E-state index in [1.165, 1.54) is 32.1 Å². The maximum atomic E-state index is 11.2. The second-order valence-electron chi connectivity index (χ2n) is 5.01. The summed E-state index contributed by atoms with van der Waals surface area (Å²) < 4.78 is 0. The van der Waals surface area contributed by atoms with E-state index in [0.29, 0.717) is 6.54 Å². The van der Waals surface area contributed by atoms with Crippen LogP contribution in [0.3, 0.4) is 0 Å². The van der Waals surface area contributed by atoms with Crippen LogP contribution in [0.4, 0.5) is 0 Å². The van der Waals surface area contributed by atoms with Crippen LogP contribution in [0, 0.1) is 0 Å². The lowest BCUT2D eigenvalue weighted by atomic mass is 9.94. The first-order valence-corrected chi connectivity index (χ1v) is 6.85. The lowest BCUT2D eigenvalue weighted by molar-refractivity contribution is -0.120. The number of carbonyl (C=O) groups is 1. The van der Waals surface area contributed by atoms with Crippen molar-refractivity contribution in [2.75, 3.05) is 33.7 Å². The SMILES string of the molecule is CNCC(=O)NCCCN(C)C1CCCCC1. The number of hydrogen-bond acceptors (Lipinski definition) is 3. The normalized spacial score (nSPS) is 17.4. The summed E-state index contributed by atoms with van der Waals surface area (Å²) in [6, 6.07) is 0.775. The number of nitrogens with zero attached hydrogens (tertiary/aromatic N) is 1. The Morgan fingerprint density at radius 2 is 2.00 bits per heavy atom. The van der Waals surface area contributed by atoms with Gasteiger partial charge in [-0.3, -0.25) is 4.79 Å². The quantitative estimate of drug-likeness (QED) is 0.653. The van der Waals surface area contributed by atoms with E-state index in [9.17, 15) is 4.79 Å². The zero-order valence-electron chi connectivity index (χ0n) is 11.3. The van der Waals surface area contributed by atoms with Crippen molar-refractivity contribution in [1.82, 2.24) is 15.5 Å². The average Bonchev–Trinajstić information content (AvgIpc) is 2.36. The van der Waals surface area contributed by atoms with Gasteiger partial charge < -0.3 is 15.5 Å². The number of hydrogen-bond donors (Lipinski definition) is 2. The summed E-state index contributed by atoms with van der Waals surface area (Å²) in [5, 5.41) is 5.76. The third-order valence-corrected chi connectivity index (χ3v) is 3.55. The van der Waals surface area contributed by atoms with Crippen molar-refractivity contribution >= 4 is 5.91 Å². The molecule has 1 aliphatic carbocycles. The van der Waals surface area contributed by atoms with Gasteiger partial charge in [0.25, 0.3) is 0 Å². The van der Waals surface area contributed by atoms with Gasteiger partial charge in [0.1, 0.15) is 0 Å². The summed E-state index contributed by atoms with van der Waals surface area (Å²) in [7, 11) is 4.00. The number of nitrogens with one attached hydrogen (secondary N) is 2. The lowest BCUT2D eigenvalue weighted by Crippen LogP contribution is -2.37. The fraction of sp³-hybridized carbons (Fsp3) is 0.923. The summed E-state index contributed by atoms with van der Waals surface area (Å²) in [6.45, 7) is 2.29. The number of amides is 1. The van der Waals surface area contributed by atoms with E-state index in [2.05, 4.69) is 22.6 Å². The Morgan fingerprint density at radius 1 is 1.29 bits per heavy atom. The minimum absolute atomic E-state index is 0.0906. The molecule has 1 rings (SSSR count). The molecule has 1 amide bonds. The van der Waals surface area contributed by atoms with Crippen LogP contribution < -0.4 is 10.6 Å². The highest BCUT2D eigenvalue weighted by Gasteiger charge is 2.17. The van der Waals surface area contributed by atoms with Gasteiger partial charge in [0.05, 0.1) is 6.54 Å². The molecule has 0 bridgehead atoms. The molecule has 0 aromatic carbocycles. The van der Waals surface area contributed by atoms with Crippen molar-refractivity contribution in [3.05, 3.63) is 0 Å². The molecule has 17 heavy (non-hydrogen) atoms. The van der Waals surface area contributed by atoms with Crippen LogP contribution in [0.1, 0.15) is 38.5 Å². The molecule has 0 unspecified atom stereocenters. The predicted molar refractivity (Wildman–Crippen MR) is 71.1 cm³/mol. The average molecular weight is 241 g/mol. The van der Waals surface area contributed by atoms with Gasteiger partial charge >= 0.3 is 0 Å². The summed E-state index contributed by atoms with van der Waals surface area (Å²) in [4.78, 5) is 13.7. The molecule has 0 radical (unpaired) electrons. The Kier molecular flexibility index (Phi) is 7.21. The maximum absolute atomic E-state index is 11.2. The Bertz CT molecular complexity index is 215. The van der Waals surface area contributed by atoms with Crippen molar-refractivity contribution in [3.63, 3.8) is 0 Å². The molecule has 0 atom stereocenters. The largest absolute Gasteiger partial charge is 0.355 e. The van der Waals surface area contributed by atoms with Crippen molar-refractivity contribution in [2.45, 2.75) is 44.6 Å². The van der Waals surface area contributed by atoms with Gasteiger partial charge in [0.2, 0.25) is 5.91 Å². The van der Waals surface area contributed by atoms with Crippen molar-refractivity contribution in [3.8, 4) is 0 Å². The third-order valence-electron chi connectivity index (χ3n) is 3.55. The van der Waals surface area contributed by atoms with E-state index in [4.69, 9.17) is 0 Å². The van der Waals surface area contributed by atoms with Crippen LogP contribution in [0.25, 0.3) is 0 Å². The van der Waals surface area contributed by atoms with Gasteiger partial charge in [-0.15, -0.1) is 0 Å². The van der Waals surface area contributed by atoms with E-state index in [1.54, 1.807) is 7.05 Å². The van der Waals surface area contributed by atoms with Crippen molar-refractivity contribution in [1.29, 1.82) is 0 Å². The molecule has 0 spiro atoms. The minimum atomic E-state index is 0.0906. The van der Waals surface area contributed by atoms with E-state index >= 15 is 0 Å². The second kappa shape index (κ2) is 8.48. The van der Waals surface area contributed by atoms with Crippen molar-refractivity contribution in [2.24, 2.45) is 0 Å². The highest BCUT2D eigenvalue weighted by molar-refractivity contribution is 5.77. The number of rotatable bonds is 7. The van der Waals surface area contributed by atoms with Crippen LogP contribution in [-0.4, -0.2) is 50.6 Å². The van der Waals surface area contributed by atoms with Crippen LogP contribution in [0.15, 0.2) is 0 Å². The molecule has 0 aromatic rings. The zero-order chi connectivity index (χ0) is 12.5. The first-order chi connectivity index (χ1) is 8.24. The molecule has 0 aliphatic heterocycles. The van der Waals surface area contributed by atoms with Gasteiger partial charge in [-0.05, 0) is 39.9 Å². The Labute approximate surface area is 105 Å². The fourth-order valence-electron chi connectivity index (χ4n) is 2.48. The first-order valence-electron chi connectivity index (χ1n) is 6.85. The Hall–Kier alpha value is -0.610. The monoisotopic (exact) mass is 241 g/mol. The van der Waals surface area contributed by atoms with Gasteiger partial charge in [-0.2, -0.15) is 0 Å². The predicted octanol–water partition coefficient (Wildman–Crippen LogP) is 0.977. The molecule has 4 heteroatoms. The molecule has 4 nitrogen and oxygen atoms in total. The van der Waals surface area contributed by atoms with Crippen molar-refractivity contribution < 1.29 is 4.79 Å². The molecule has 0 aromatic heterocycles. The molecule has 0 saturated heterocycles. The summed E-state index contributed by atoms with van der Waals surface area (Å²) in [5.74, 6) is 0.0906. The molecule has 0 heterocycles. The summed E-state index contributed by atoms with van der Waals surface area (Å²) >= 11 is 0. The van der Waals surface area contributed by atoms with Gasteiger partial charge in [-0.1, -0.05) is 19.3 Å².